The van der Waals surface area contributed by atoms with Crippen molar-refractivity contribution in [1.29, 1.82) is 0 Å². The normalized spacial score (nSPS) is 31.3. The summed E-state index contributed by atoms with van der Waals surface area (Å²) in [5.74, 6) is 0.321. The van der Waals surface area contributed by atoms with Crippen LogP contribution in [0.3, 0.4) is 0 Å². The first-order chi connectivity index (χ1) is 11.5. The lowest BCUT2D eigenvalue weighted by molar-refractivity contribution is -0.141. The predicted octanol–water partition coefficient (Wildman–Crippen LogP) is 3.85. The van der Waals surface area contributed by atoms with Crippen molar-refractivity contribution >= 4 is 11.6 Å². The fourth-order valence-electron chi connectivity index (χ4n) is 4.47. The lowest BCUT2D eigenvalue weighted by Gasteiger charge is -2.43. The lowest BCUT2D eigenvalue weighted by atomic mass is 9.62. The topological polar surface area (TPSA) is 43.4 Å². The van der Waals surface area contributed by atoms with Crippen LogP contribution in [0.25, 0.3) is 0 Å². The Morgan fingerprint density at radius 3 is 2.42 bits per heavy atom. The average molecular weight is 322 g/mol. The highest BCUT2D eigenvalue weighted by molar-refractivity contribution is 6.06. The lowest BCUT2D eigenvalue weighted by Crippen LogP contribution is -2.46. The molecule has 1 saturated carbocycles. The van der Waals surface area contributed by atoms with E-state index in [2.05, 4.69) is 6.08 Å². The van der Waals surface area contributed by atoms with Gasteiger partial charge in [0, 0.05) is 24.7 Å². The van der Waals surface area contributed by atoms with Crippen LogP contribution in [0, 0.1) is 17.3 Å². The van der Waals surface area contributed by atoms with E-state index in [4.69, 9.17) is 4.74 Å². The third-order valence-corrected chi connectivity index (χ3v) is 5.44. The summed E-state index contributed by atoms with van der Waals surface area (Å²) >= 11 is 0. The summed E-state index contributed by atoms with van der Waals surface area (Å²) in [6.45, 7) is 4.01. The molecule has 0 bridgehead atoms. The monoisotopic (exact) mass is 322 g/mol. The SMILES string of the molecule is CC1(C)CC(=O)C([C@@H]2c3ccccc3O[C@H]3C=CC=C[C@H]32)C(=O)C1. The van der Waals surface area contributed by atoms with Gasteiger partial charge in [0.05, 0.1) is 5.92 Å². The van der Waals surface area contributed by atoms with E-state index in [1.807, 2.05) is 56.3 Å². The highest BCUT2D eigenvalue weighted by Crippen LogP contribution is 2.49. The number of carbonyl (C=O) groups is 2. The van der Waals surface area contributed by atoms with Gasteiger partial charge in [-0.25, -0.2) is 0 Å². The Kier molecular flexibility index (Phi) is 3.48. The molecule has 3 nitrogen and oxygen atoms in total. The van der Waals surface area contributed by atoms with E-state index >= 15 is 0 Å². The van der Waals surface area contributed by atoms with Crippen molar-refractivity contribution in [2.24, 2.45) is 17.3 Å². The van der Waals surface area contributed by atoms with Crippen molar-refractivity contribution in [3.63, 3.8) is 0 Å². The molecule has 2 aliphatic carbocycles. The Bertz CT molecular complexity index is 736. The number of allylic oxidation sites excluding steroid dienone is 2. The molecule has 0 amide bonds. The number of hydrogen-bond donors (Lipinski definition) is 0. The van der Waals surface area contributed by atoms with Crippen LogP contribution < -0.4 is 4.74 Å². The van der Waals surface area contributed by atoms with Gasteiger partial charge in [-0.2, -0.15) is 0 Å². The van der Waals surface area contributed by atoms with Crippen LogP contribution in [0.5, 0.6) is 5.75 Å². The fraction of sp³-hybridized carbons (Fsp3) is 0.429. The highest BCUT2D eigenvalue weighted by Gasteiger charge is 2.49. The molecular weight excluding hydrogens is 300 g/mol. The summed E-state index contributed by atoms with van der Waals surface area (Å²) in [6, 6.07) is 7.83. The van der Waals surface area contributed by atoms with Crippen LogP contribution >= 0.6 is 0 Å². The van der Waals surface area contributed by atoms with Crippen molar-refractivity contribution < 1.29 is 14.3 Å². The number of para-hydroxylation sites is 1. The standard InChI is InChI=1S/C21H22O3/c1-21(2)11-15(22)20(16(23)12-21)19-13-7-3-5-9-17(13)24-18-10-6-4-8-14(18)19/h3-10,13,17,19-20H,11-12H2,1-2H3/t13-,17+,19+/m1/s1. The van der Waals surface area contributed by atoms with E-state index in [9.17, 15) is 9.59 Å². The zero-order valence-corrected chi connectivity index (χ0v) is 14.1. The van der Waals surface area contributed by atoms with Gasteiger partial charge in [-0.1, -0.05) is 50.3 Å². The van der Waals surface area contributed by atoms with E-state index in [1.165, 1.54) is 0 Å². The minimum Gasteiger partial charge on any atom is -0.485 e. The number of rotatable bonds is 1. The average Bonchev–Trinajstić information content (AvgIpc) is 2.52. The number of ketones is 2. The quantitative estimate of drug-likeness (QED) is 0.738. The van der Waals surface area contributed by atoms with Gasteiger partial charge >= 0.3 is 0 Å². The molecule has 0 aromatic heterocycles. The molecular formula is C21H22O3. The first-order valence-corrected chi connectivity index (χ1v) is 8.62. The maximum Gasteiger partial charge on any atom is 0.144 e. The Labute approximate surface area is 142 Å². The molecule has 0 spiro atoms. The molecule has 3 atom stereocenters. The molecule has 124 valence electrons. The fourth-order valence-corrected chi connectivity index (χ4v) is 4.47. The van der Waals surface area contributed by atoms with Gasteiger partial charge in [0.25, 0.3) is 0 Å². The molecule has 1 aliphatic heterocycles. The van der Waals surface area contributed by atoms with Crippen LogP contribution in [0.2, 0.25) is 0 Å². The largest absolute Gasteiger partial charge is 0.485 e. The summed E-state index contributed by atoms with van der Waals surface area (Å²) in [6.07, 6.45) is 8.92. The minimum absolute atomic E-state index is 0.0315. The van der Waals surface area contributed by atoms with Gasteiger partial charge in [0.1, 0.15) is 23.4 Å². The molecule has 0 radical (unpaired) electrons. The Balaban J connectivity index is 1.80. The van der Waals surface area contributed by atoms with Gasteiger partial charge in [0.15, 0.2) is 0 Å². The second-order valence-electron chi connectivity index (χ2n) is 7.92. The van der Waals surface area contributed by atoms with Crippen molar-refractivity contribution in [3.8, 4) is 5.75 Å². The Hall–Kier alpha value is -2.16. The Morgan fingerprint density at radius 2 is 1.67 bits per heavy atom. The molecule has 4 rings (SSSR count). The molecule has 1 aromatic rings. The van der Waals surface area contributed by atoms with E-state index in [1.54, 1.807) is 0 Å². The number of benzene rings is 1. The number of hydrogen-bond acceptors (Lipinski definition) is 3. The van der Waals surface area contributed by atoms with Crippen LogP contribution in [0.1, 0.15) is 38.2 Å². The summed E-state index contributed by atoms with van der Waals surface area (Å²) in [5.41, 5.74) is 0.766. The smallest absolute Gasteiger partial charge is 0.144 e. The second-order valence-corrected chi connectivity index (χ2v) is 7.92. The number of ether oxygens (including phenoxy) is 1. The van der Waals surface area contributed by atoms with Crippen LogP contribution in [0.4, 0.5) is 0 Å². The summed E-state index contributed by atoms with van der Waals surface area (Å²) in [4.78, 5) is 25.8. The molecule has 1 fully saturated rings. The first-order valence-electron chi connectivity index (χ1n) is 8.62. The van der Waals surface area contributed by atoms with Crippen LogP contribution in [-0.2, 0) is 9.59 Å². The minimum atomic E-state index is -0.549. The van der Waals surface area contributed by atoms with E-state index in [-0.39, 0.29) is 34.9 Å². The molecule has 1 aromatic carbocycles. The summed E-state index contributed by atoms with van der Waals surface area (Å²) < 4.78 is 6.11. The van der Waals surface area contributed by atoms with Crippen molar-refractivity contribution in [2.75, 3.05) is 0 Å². The van der Waals surface area contributed by atoms with Gasteiger partial charge in [-0.15, -0.1) is 0 Å². The first kappa shape index (κ1) is 15.4. The van der Waals surface area contributed by atoms with Crippen LogP contribution in [-0.4, -0.2) is 17.7 Å². The van der Waals surface area contributed by atoms with E-state index < -0.39 is 5.92 Å². The predicted molar refractivity (Wildman–Crippen MR) is 91.9 cm³/mol. The molecule has 0 N–H and O–H groups in total. The van der Waals surface area contributed by atoms with Gasteiger partial charge in [-0.3, -0.25) is 9.59 Å². The Morgan fingerprint density at radius 1 is 1.00 bits per heavy atom. The van der Waals surface area contributed by atoms with Crippen molar-refractivity contribution in [3.05, 3.63) is 54.1 Å². The maximum absolute atomic E-state index is 12.9. The summed E-state index contributed by atoms with van der Waals surface area (Å²) in [7, 11) is 0. The number of carbonyl (C=O) groups excluding carboxylic acids is 2. The van der Waals surface area contributed by atoms with Crippen molar-refractivity contribution in [2.45, 2.75) is 38.7 Å². The number of Topliss-reactive ketones (excluding diaryl/α,β-unsaturated/α-hetero) is 2. The van der Waals surface area contributed by atoms with Crippen molar-refractivity contribution in [1.82, 2.24) is 0 Å². The van der Waals surface area contributed by atoms with Gasteiger partial charge < -0.3 is 4.74 Å². The molecule has 1 heterocycles. The third kappa shape index (κ3) is 2.43. The molecule has 3 heteroatoms. The van der Waals surface area contributed by atoms with E-state index in [0.29, 0.717) is 12.8 Å². The van der Waals surface area contributed by atoms with Gasteiger partial charge in [0.2, 0.25) is 0 Å². The number of fused-ring (bicyclic) bond motifs is 2. The highest BCUT2D eigenvalue weighted by atomic mass is 16.5. The van der Waals surface area contributed by atoms with Crippen LogP contribution in [0.15, 0.2) is 48.6 Å². The van der Waals surface area contributed by atoms with E-state index in [0.717, 1.165) is 11.3 Å². The second kappa shape index (κ2) is 5.44. The molecule has 24 heavy (non-hydrogen) atoms. The molecule has 0 unspecified atom stereocenters. The molecule has 0 saturated heterocycles. The summed E-state index contributed by atoms with van der Waals surface area (Å²) in [5, 5.41) is 0. The zero-order chi connectivity index (χ0) is 16.9. The third-order valence-electron chi connectivity index (χ3n) is 5.44. The molecule has 3 aliphatic rings. The zero-order valence-electron chi connectivity index (χ0n) is 14.1. The maximum atomic E-state index is 12.9. The van der Waals surface area contributed by atoms with Gasteiger partial charge in [-0.05, 0) is 23.1 Å².